The van der Waals surface area contributed by atoms with E-state index in [1.165, 1.54) is 12.1 Å². The van der Waals surface area contributed by atoms with E-state index in [1.54, 1.807) is 30.3 Å². The predicted octanol–water partition coefficient (Wildman–Crippen LogP) is 3.20. The molecular weight excluding hydrogens is 337 g/mol. The maximum atomic E-state index is 13.2. The van der Waals surface area contributed by atoms with E-state index in [2.05, 4.69) is 4.90 Å². The highest BCUT2D eigenvalue weighted by Gasteiger charge is 2.35. The topological polar surface area (TPSA) is 48.0 Å². The van der Waals surface area contributed by atoms with Crippen LogP contribution in [-0.2, 0) is 4.79 Å². The van der Waals surface area contributed by atoms with Crippen molar-refractivity contribution >= 4 is 5.97 Å². The van der Waals surface area contributed by atoms with Crippen LogP contribution in [0.1, 0.15) is 17.9 Å². The van der Waals surface area contributed by atoms with Gasteiger partial charge in [0.1, 0.15) is 11.6 Å². The summed E-state index contributed by atoms with van der Waals surface area (Å²) in [5.74, 6) is 0.784. The highest BCUT2D eigenvalue weighted by molar-refractivity contribution is 5.77. The first-order valence-electron chi connectivity index (χ1n) is 8.65. The number of nitrogens with zero attached hydrogens (tertiary/aromatic N) is 1. The maximum absolute atomic E-state index is 13.2. The standard InChI is InChI=1S/C20H20FNO4/c1-22-9-8-16(13-2-4-14(21)5-3-13)17(11-22)20(23)26-15-6-7-18-19(10-15)25-12-24-18/h2-7,10,16-17H,8-9,11-12H2,1H3/t16-,17-/m1/s1. The van der Waals surface area contributed by atoms with Crippen LogP contribution in [-0.4, -0.2) is 37.8 Å². The number of fused-ring (bicyclic) bond motifs is 1. The number of rotatable bonds is 3. The number of ether oxygens (including phenoxy) is 3. The van der Waals surface area contributed by atoms with Gasteiger partial charge < -0.3 is 19.1 Å². The fourth-order valence-electron chi connectivity index (χ4n) is 3.59. The number of likely N-dealkylation sites (tertiary alicyclic amines) is 1. The van der Waals surface area contributed by atoms with E-state index in [0.717, 1.165) is 18.5 Å². The van der Waals surface area contributed by atoms with Crippen LogP contribution in [0.5, 0.6) is 17.2 Å². The zero-order valence-electron chi connectivity index (χ0n) is 14.5. The summed E-state index contributed by atoms with van der Waals surface area (Å²) >= 11 is 0. The Morgan fingerprint density at radius 1 is 1.15 bits per heavy atom. The minimum Gasteiger partial charge on any atom is -0.454 e. The average molecular weight is 357 g/mol. The van der Waals surface area contributed by atoms with Crippen LogP contribution in [0.15, 0.2) is 42.5 Å². The Kier molecular flexibility index (Phi) is 4.51. The molecule has 0 amide bonds. The lowest BCUT2D eigenvalue weighted by Gasteiger charge is -2.35. The maximum Gasteiger partial charge on any atom is 0.316 e. The van der Waals surface area contributed by atoms with E-state index in [9.17, 15) is 9.18 Å². The van der Waals surface area contributed by atoms with Crippen molar-refractivity contribution in [2.24, 2.45) is 5.92 Å². The van der Waals surface area contributed by atoms with Crippen LogP contribution in [0.4, 0.5) is 4.39 Å². The zero-order valence-corrected chi connectivity index (χ0v) is 14.5. The SMILES string of the molecule is CN1CC[C@H](c2ccc(F)cc2)[C@H](C(=O)Oc2ccc3c(c2)OCO3)C1. The van der Waals surface area contributed by atoms with E-state index in [4.69, 9.17) is 14.2 Å². The third-order valence-electron chi connectivity index (χ3n) is 4.98. The van der Waals surface area contributed by atoms with Crippen LogP contribution in [0.3, 0.4) is 0 Å². The molecule has 2 aliphatic rings. The lowest BCUT2D eigenvalue weighted by atomic mass is 9.80. The molecule has 0 aliphatic carbocycles. The molecule has 2 aromatic carbocycles. The molecule has 0 saturated carbocycles. The lowest BCUT2D eigenvalue weighted by molar-refractivity contribution is -0.141. The summed E-state index contributed by atoms with van der Waals surface area (Å²) in [6.07, 6.45) is 0.822. The molecule has 2 atom stereocenters. The summed E-state index contributed by atoms with van der Waals surface area (Å²) in [6.45, 7) is 1.66. The number of carbonyl (C=O) groups is 1. The minimum absolute atomic E-state index is 0.00769. The Hall–Kier alpha value is -2.60. The minimum atomic E-state index is -0.315. The third kappa shape index (κ3) is 3.37. The van der Waals surface area contributed by atoms with Gasteiger partial charge in [0.25, 0.3) is 0 Å². The van der Waals surface area contributed by atoms with Gasteiger partial charge in [0, 0.05) is 12.6 Å². The Labute approximate surface area is 151 Å². The molecule has 136 valence electrons. The number of halogens is 1. The zero-order chi connectivity index (χ0) is 18.1. The van der Waals surface area contributed by atoms with Crippen molar-refractivity contribution in [2.45, 2.75) is 12.3 Å². The molecule has 0 bridgehead atoms. The molecule has 0 radical (unpaired) electrons. The number of hydrogen-bond donors (Lipinski definition) is 0. The molecule has 2 aromatic rings. The quantitative estimate of drug-likeness (QED) is 0.624. The van der Waals surface area contributed by atoms with Gasteiger partial charge >= 0.3 is 5.97 Å². The van der Waals surface area contributed by atoms with Gasteiger partial charge in [-0.05, 0) is 55.8 Å². The summed E-state index contributed by atoms with van der Waals surface area (Å²) < 4.78 is 29.5. The first-order chi connectivity index (χ1) is 12.6. The second-order valence-corrected chi connectivity index (χ2v) is 6.75. The molecule has 1 fully saturated rings. The van der Waals surface area contributed by atoms with Gasteiger partial charge in [-0.25, -0.2) is 4.39 Å². The number of esters is 1. The molecule has 4 rings (SSSR count). The molecule has 2 aliphatic heterocycles. The van der Waals surface area contributed by atoms with Crippen molar-refractivity contribution in [2.75, 3.05) is 26.9 Å². The molecule has 0 unspecified atom stereocenters. The van der Waals surface area contributed by atoms with Gasteiger partial charge in [-0.2, -0.15) is 0 Å². The first-order valence-corrected chi connectivity index (χ1v) is 8.65. The molecular formula is C20H20FNO4. The molecule has 5 nitrogen and oxygen atoms in total. The van der Waals surface area contributed by atoms with E-state index in [-0.39, 0.29) is 30.4 Å². The van der Waals surface area contributed by atoms with Crippen molar-refractivity contribution in [1.29, 1.82) is 0 Å². The molecule has 0 aromatic heterocycles. The Bertz CT molecular complexity index is 808. The van der Waals surface area contributed by atoms with E-state index in [1.807, 2.05) is 7.05 Å². The normalized spacial score (nSPS) is 22.2. The molecule has 0 spiro atoms. The molecule has 6 heteroatoms. The summed E-state index contributed by atoms with van der Waals surface area (Å²) in [5, 5.41) is 0. The van der Waals surface area contributed by atoms with Crippen molar-refractivity contribution in [3.63, 3.8) is 0 Å². The fourth-order valence-corrected chi connectivity index (χ4v) is 3.59. The number of benzene rings is 2. The Balaban J connectivity index is 1.54. The smallest absolute Gasteiger partial charge is 0.316 e. The summed E-state index contributed by atoms with van der Waals surface area (Å²) in [5.41, 5.74) is 0.965. The molecule has 0 N–H and O–H groups in total. The highest BCUT2D eigenvalue weighted by Crippen LogP contribution is 2.37. The summed E-state index contributed by atoms with van der Waals surface area (Å²) in [4.78, 5) is 15.0. The van der Waals surface area contributed by atoms with Crippen molar-refractivity contribution in [1.82, 2.24) is 4.90 Å². The van der Waals surface area contributed by atoms with Crippen LogP contribution >= 0.6 is 0 Å². The highest BCUT2D eigenvalue weighted by atomic mass is 19.1. The van der Waals surface area contributed by atoms with Crippen LogP contribution < -0.4 is 14.2 Å². The van der Waals surface area contributed by atoms with Crippen molar-refractivity contribution < 1.29 is 23.4 Å². The second kappa shape index (κ2) is 6.96. The van der Waals surface area contributed by atoms with Crippen LogP contribution in [0.2, 0.25) is 0 Å². The monoisotopic (exact) mass is 357 g/mol. The lowest BCUT2D eigenvalue weighted by Crippen LogP contribution is -2.42. The molecule has 2 heterocycles. The van der Waals surface area contributed by atoms with Crippen LogP contribution in [0, 0.1) is 11.7 Å². The number of carbonyl (C=O) groups excluding carboxylic acids is 1. The second-order valence-electron chi connectivity index (χ2n) is 6.75. The van der Waals surface area contributed by atoms with Crippen molar-refractivity contribution in [3.05, 3.63) is 53.8 Å². The predicted molar refractivity (Wildman–Crippen MR) is 92.9 cm³/mol. The summed E-state index contributed by atoms with van der Waals surface area (Å²) in [7, 11) is 1.99. The van der Waals surface area contributed by atoms with E-state index in [0.29, 0.717) is 23.8 Å². The molecule has 26 heavy (non-hydrogen) atoms. The Morgan fingerprint density at radius 3 is 2.73 bits per heavy atom. The third-order valence-corrected chi connectivity index (χ3v) is 4.98. The van der Waals surface area contributed by atoms with Gasteiger partial charge in [-0.15, -0.1) is 0 Å². The van der Waals surface area contributed by atoms with Gasteiger partial charge in [0.05, 0.1) is 5.92 Å². The van der Waals surface area contributed by atoms with Gasteiger partial charge in [-0.3, -0.25) is 4.79 Å². The van der Waals surface area contributed by atoms with E-state index >= 15 is 0 Å². The van der Waals surface area contributed by atoms with Gasteiger partial charge in [-0.1, -0.05) is 12.1 Å². The van der Waals surface area contributed by atoms with Gasteiger partial charge in [0.2, 0.25) is 6.79 Å². The molecule has 1 saturated heterocycles. The number of piperidine rings is 1. The summed E-state index contributed by atoms with van der Waals surface area (Å²) in [6, 6.07) is 11.5. The van der Waals surface area contributed by atoms with E-state index < -0.39 is 0 Å². The van der Waals surface area contributed by atoms with Crippen LogP contribution in [0.25, 0.3) is 0 Å². The largest absolute Gasteiger partial charge is 0.454 e. The number of hydrogen-bond acceptors (Lipinski definition) is 5. The van der Waals surface area contributed by atoms with Crippen molar-refractivity contribution in [3.8, 4) is 17.2 Å². The Morgan fingerprint density at radius 2 is 1.92 bits per heavy atom. The fraction of sp³-hybridized carbons (Fsp3) is 0.350. The first kappa shape index (κ1) is 16.8. The average Bonchev–Trinajstić information content (AvgIpc) is 3.10. The van der Waals surface area contributed by atoms with Gasteiger partial charge in [0.15, 0.2) is 11.5 Å².